The van der Waals surface area contributed by atoms with Crippen LogP contribution in [0, 0.1) is 0 Å². The number of hydrogen-bond donors (Lipinski definition) is 0. The first-order valence-electron chi connectivity index (χ1n) is 1.46. The minimum Gasteiger partial charge on any atom is -0.822 e. The van der Waals surface area contributed by atoms with E-state index in [2.05, 4.69) is 0 Å². The van der Waals surface area contributed by atoms with Crippen molar-refractivity contribution in [1.29, 1.82) is 0 Å². The van der Waals surface area contributed by atoms with Gasteiger partial charge in [-0.2, -0.15) is 15.6 Å². The van der Waals surface area contributed by atoms with E-state index in [1.165, 1.54) is 0 Å². The van der Waals surface area contributed by atoms with Crippen LogP contribution in [-0.2, 0) is 9.13 Å². The van der Waals surface area contributed by atoms with Gasteiger partial charge >= 0.3 is 132 Å². The van der Waals surface area contributed by atoms with Crippen molar-refractivity contribution in [2.75, 3.05) is 0 Å². The molecule has 0 heterocycles. The maximum Gasteiger partial charge on any atom is 2.00 e. The summed E-state index contributed by atoms with van der Waals surface area (Å²) in [5, 5.41) is 0. The van der Waals surface area contributed by atoms with Gasteiger partial charge < -0.3 is 38.5 Å². The van der Waals surface area contributed by atoms with Gasteiger partial charge in [0.25, 0.3) is 0 Å². The third kappa shape index (κ3) is 170. The van der Waals surface area contributed by atoms with Gasteiger partial charge in [0, 0.05) is 0 Å². The van der Waals surface area contributed by atoms with Gasteiger partial charge in [-0.1, -0.05) is 0 Å². The Labute approximate surface area is 181 Å². The van der Waals surface area contributed by atoms with E-state index in [0.717, 1.165) is 0 Å². The largest absolute Gasteiger partial charge is 2.00 e. The molecule has 13 heteroatoms. The van der Waals surface area contributed by atoms with Crippen LogP contribution in [-0.4, -0.2) is 132 Å². The van der Waals surface area contributed by atoms with Crippen LogP contribution in [0.4, 0.5) is 0 Å². The molecule has 0 aliphatic rings. The molecule has 0 aromatic heterocycles. The molecule has 0 N–H and O–H groups in total. The molecule has 0 aliphatic heterocycles. The Bertz CT molecular complexity index is 134. The molecule has 0 aromatic rings. The fourth-order valence-electron chi connectivity index (χ4n) is 0. The van der Waals surface area contributed by atoms with E-state index >= 15 is 0 Å². The van der Waals surface area contributed by atoms with Gasteiger partial charge in [-0.05, 0) is 0 Å². The second-order valence-corrected chi connectivity index (χ2v) is 2.68. The molecule has 0 saturated heterocycles. The SMILES string of the molecule is O=P([O-])([O-])[O-].O=P([O-])([O-])[O-].[Ba+2].[Ca+2].[Sr+2]. The molecule has 0 radical (unpaired) electrons. The van der Waals surface area contributed by atoms with Crippen LogP contribution >= 0.6 is 15.6 Å². The van der Waals surface area contributed by atoms with E-state index < -0.39 is 15.6 Å². The molecule has 0 rings (SSSR count). The first-order chi connectivity index (χ1) is 4.00. The minimum absolute atomic E-state index is 0. The van der Waals surface area contributed by atoms with Crippen molar-refractivity contribution in [3.8, 4) is 0 Å². The van der Waals surface area contributed by atoms with Crippen molar-refractivity contribution in [2.24, 2.45) is 0 Å². The molecular formula is BaCaO8P2Sr. The van der Waals surface area contributed by atoms with E-state index in [0.29, 0.717) is 0 Å². The molecule has 0 spiro atoms. The second kappa shape index (κ2) is 14.6. The van der Waals surface area contributed by atoms with Crippen molar-refractivity contribution in [3.05, 3.63) is 0 Å². The number of phosphoric acid groups is 2. The van der Waals surface area contributed by atoms with Crippen molar-refractivity contribution < 1.29 is 38.5 Å². The summed E-state index contributed by atoms with van der Waals surface area (Å²) in [5.74, 6) is 0. The standard InChI is InChI=1S/Ba.Ca.2H3O4P.Sr/c;;2*1-5(2,3)4;/h;;2*(H3,1,2,3,4);/q2*+2;;;+2/p-6. The summed E-state index contributed by atoms with van der Waals surface area (Å²) in [6.07, 6.45) is 0. The zero-order valence-electron chi connectivity index (χ0n) is 6.28. The summed E-state index contributed by atoms with van der Waals surface area (Å²) >= 11 is 0. The monoisotopic (exact) mass is 456 g/mol. The van der Waals surface area contributed by atoms with E-state index in [4.69, 9.17) is 38.5 Å². The third-order valence-corrected chi connectivity index (χ3v) is 0. The van der Waals surface area contributed by atoms with Crippen molar-refractivity contribution >= 4 is 148 Å². The maximum absolute atomic E-state index is 8.55. The van der Waals surface area contributed by atoms with E-state index in [1.807, 2.05) is 0 Å². The van der Waals surface area contributed by atoms with Crippen LogP contribution in [0.5, 0.6) is 0 Å². The summed E-state index contributed by atoms with van der Waals surface area (Å²) in [4.78, 5) is 51.3. The Morgan fingerprint density at radius 2 is 0.692 bits per heavy atom. The molecule has 0 fully saturated rings. The van der Waals surface area contributed by atoms with Crippen molar-refractivity contribution in [2.45, 2.75) is 0 Å². The quantitative estimate of drug-likeness (QED) is 0.256. The van der Waals surface area contributed by atoms with Crippen molar-refractivity contribution in [3.63, 3.8) is 0 Å². The molecule has 0 aliphatic carbocycles. The molecule has 8 nitrogen and oxygen atoms in total. The van der Waals surface area contributed by atoms with Crippen molar-refractivity contribution in [1.82, 2.24) is 0 Å². The van der Waals surface area contributed by atoms with Gasteiger partial charge in [-0.3, -0.25) is 0 Å². The summed E-state index contributed by atoms with van der Waals surface area (Å²) in [6, 6.07) is 0. The smallest absolute Gasteiger partial charge is 0.822 e. The van der Waals surface area contributed by atoms with E-state index in [1.54, 1.807) is 0 Å². The third-order valence-electron chi connectivity index (χ3n) is 0. The zero-order valence-corrected chi connectivity index (χ0v) is 18.2. The van der Waals surface area contributed by atoms with Crippen LogP contribution in [0.2, 0.25) is 0 Å². The Hall–Kier alpha value is 4.53. The average Bonchev–Trinajstić information content (AvgIpc) is 1.12. The van der Waals surface area contributed by atoms with E-state index in [-0.39, 0.29) is 132 Å². The average molecular weight is 455 g/mol. The van der Waals surface area contributed by atoms with Gasteiger partial charge in [0.15, 0.2) is 0 Å². The van der Waals surface area contributed by atoms with Crippen LogP contribution in [0.25, 0.3) is 0 Å². The van der Waals surface area contributed by atoms with Crippen LogP contribution < -0.4 is 29.4 Å². The molecule has 0 unspecified atom stereocenters. The summed E-state index contributed by atoms with van der Waals surface area (Å²) < 4.78 is 17.1. The fraction of sp³-hybridized carbons (Fsp3) is 0. The summed E-state index contributed by atoms with van der Waals surface area (Å²) in [6.45, 7) is 0. The Morgan fingerprint density at radius 1 is 0.692 bits per heavy atom. The van der Waals surface area contributed by atoms with Gasteiger partial charge in [-0.25, -0.2) is 0 Å². The zero-order chi connectivity index (χ0) is 9.00. The van der Waals surface area contributed by atoms with Gasteiger partial charge in [0.2, 0.25) is 0 Å². The predicted octanol–water partition coefficient (Wildman–Crippen LogP) is -6.79. The normalized spacial score (nSPS) is 9.08. The van der Waals surface area contributed by atoms with Gasteiger partial charge in [0.05, 0.1) is 0 Å². The Balaban J connectivity index is -0.0000000267. The molecule has 0 amide bonds. The topological polar surface area (TPSA) is 172 Å². The predicted molar refractivity (Wildman–Crippen MR) is 32.5 cm³/mol. The number of hydrogen-bond acceptors (Lipinski definition) is 8. The van der Waals surface area contributed by atoms with Crippen LogP contribution in [0.3, 0.4) is 0 Å². The first kappa shape index (κ1) is 30.5. The fourth-order valence-corrected chi connectivity index (χ4v) is 0. The van der Waals surface area contributed by atoms with Crippen LogP contribution in [0.15, 0.2) is 0 Å². The Morgan fingerprint density at radius 3 is 0.692 bits per heavy atom. The van der Waals surface area contributed by atoms with Gasteiger partial charge in [-0.15, -0.1) is 0 Å². The van der Waals surface area contributed by atoms with E-state index in [9.17, 15) is 0 Å². The molecule has 13 heavy (non-hydrogen) atoms. The minimum atomic E-state index is -5.39. The maximum atomic E-state index is 8.55. The number of rotatable bonds is 0. The molecular weight excluding hydrogens is 455 g/mol. The summed E-state index contributed by atoms with van der Waals surface area (Å²) in [7, 11) is -10.8. The summed E-state index contributed by atoms with van der Waals surface area (Å²) in [5.41, 5.74) is 0. The molecule has 0 bridgehead atoms. The molecule has 0 aromatic carbocycles. The molecule has 64 valence electrons. The molecule has 0 saturated carbocycles. The molecule has 0 atom stereocenters. The first-order valence-corrected chi connectivity index (χ1v) is 4.38. The Kier molecular flexibility index (Phi) is 34.2. The second-order valence-electron chi connectivity index (χ2n) is 0.894. The van der Waals surface area contributed by atoms with Gasteiger partial charge in [0.1, 0.15) is 0 Å². The van der Waals surface area contributed by atoms with Crippen LogP contribution in [0.1, 0.15) is 0 Å².